The Kier molecular flexibility index (Phi) is 4.46. The molecule has 0 rings (SSSR count). The average Bonchev–Trinajstić information content (AvgIpc) is 1.94. The lowest BCUT2D eigenvalue weighted by molar-refractivity contribution is -0.289. The molecule has 1 nitrogen and oxygen atoms in total. The molecule has 0 aromatic rings. The first-order valence-electron chi connectivity index (χ1n) is 3.89. The second-order valence-electron chi connectivity index (χ2n) is 2.86. The minimum Gasteiger partial charge on any atom is -0.326 e. The largest absolute Gasteiger partial charge is 0.402 e. The zero-order valence-electron chi connectivity index (χ0n) is 7.71. The number of nitrogens with two attached hydrogens (primary N) is 1. The van der Waals surface area contributed by atoms with Crippen LogP contribution in [0.4, 0.5) is 26.3 Å². The molecule has 0 bridgehead atoms. The molecule has 0 aromatic heterocycles. The summed E-state index contributed by atoms with van der Waals surface area (Å²) < 4.78 is 72.3. The van der Waals surface area contributed by atoms with Gasteiger partial charge in [0.15, 0.2) is 5.92 Å². The Morgan fingerprint density at radius 2 is 1.47 bits per heavy atom. The molecule has 88 valence electrons. The van der Waals surface area contributed by atoms with Gasteiger partial charge in [-0.3, -0.25) is 0 Å². The van der Waals surface area contributed by atoms with Crippen molar-refractivity contribution in [1.82, 2.24) is 0 Å². The van der Waals surface area contributed by atoms with E-state index in [1.165, 1.54) is 6.92 Å². The lowest BCUT2D eigenvalue weighted by atomic mass is 9.96. The van der Waals surface area contributed by atoms with Gasteiger partial charge >= 0.3 is 12.4 Å². The van der Waals surface area contributed by atoms with Gasteiger partial charge in [0.2, 0.25) is 0 Å². The van der Waals surface area contributed by atoms with Gasteiger partial charge in [-0.1, -0.05) is 0 Å². The minimum atomic E-state index is -5.40. The summed E-state index contributed by atoms with van der Waals surface area (Å²) in [5, 5.41) is 0. The number of rotatable bonds is 2. The van der Waals surface area contributed by atoms with Crippen LogP contribution in [0.2, 0.25) is 0 Å². The van der Waals surface area contributed by atoms with Crippen molar-refractivity contribution >= 4 is 0 Å². The maximum atomic E-state index is 12.0. The Labute approximate surface area is 82.6 Å². The third kappa shape index (κ3) is 4.42. The molecule has 0 fully saturated rings. The van der Waals surface area contributed by atoms with Crippen molar-refractivity contribution in [3.63, 3.8) is 0 Å². The number of alkyl halides is 6. The molecule has 0 aliphatic rings. The predicted octanol–water partition coefficient (Wildman–Crippen LogP) is 2.47. The Morgan fingerprint density at radius 1 is 1.07 bits per heavy atom. The molecular weight excluding hydrogens is 224 g/mol. The lowest BCUT2D eigenvalue weighted by Gasteiger charge is -2.26. The summed E-state index contributed by atoms with van der Waals surface area (Å²) in [5.74, 6) is 0.767. The summed E-state index contributed by atoms with van der Waals surface area (Å²) in [5.41, 5.74) is 4.83. The van der Waals surface area contributed by atoms with Gasteiger partial charge in [-0.05, 0) is 6.92 Å². The van der Waals surface area contributed by atoms with Crippen molar-refractivity contribution in [2.24, 2.45) is 11.7 Å². The highest BCUT2D eigenvalue weighted by Gasteiger charge is 2.59. The van der Waals surface area contributed by atoms with Crippen molar-refractivity contribution in [3.05, 3.63) is 0 Å². The topological polar surface area (TPSA) is 26.0 Å². The molecule has 0 radical (unpaired) electrons. The first kappa shape index (κ1) is 14.1. The van der Waals surface area contributed by atoms with Crippen LogP contribution in [-0.2, 0) is 0 Å². The van der Waals surface area contributed by atoms with Crippen molar-refractivity contribution < 1.29 is 26.3 Å². The maximum Gasteiger partial charge on any atom is 0.402 e. The van der Waals surface area contributed by atoms with Gasteiger partial charge in [0.05, 0.1) is 0 Å². The van der Waals surface area contributed by atoms with Gasteiger partial charge in [0.25, 0.3) is 0 Å². The fourth-order valence-corrected chi connectivity index (χ4v) is 1.01. The fraction of sp³-hybridized carbons (Fsp3) is 0.750. The summed E-state index contributed by atoms with van der Waals surface area (Å²) in [6.07, 6.45) is -11.4. The van der Waals surface area contributed by atoms with E-state index in [1.54, 1.807) is 0 Å². The molecule has 1 unspecified atom stereocenters. The average molecular weight is 233 g/mol. The number of hydrogen-bond donors (Lipinski definition) is 1. The van der Waals surface area contributed by atoms with E-state index in [4.69, 9.17) is 5.73 Å². The van der Waals surface area contributed by atoms with E-state index in [0.717, 1.165) is 0 Å². The van der Waals surface area contributed by atoms with Crippen LogP contribution >= 0.6 is 0 Å². The fourth-order valence-electron chi connectivity index (χ4n) is 1.01. The van der Waals surface area contributed by atoms with Gasteiger partial charge in [0, 0.05) is 12.5 Å². The van der Waals surface area contributed by atoms with Crippen LogP contribution in [0.1, 0.15) is 13.3 Å². The molecule has 0 amide bonds. The van der Waals surface area contributed by atoms with Gasteiger partial charge in [-0.25, -0.2) is 0 Å². The number of halogens is 6. The molecule has 0 aliphatic heterocycles. The van der Waals surface area contributed by atoms with Crippen molar-refractivity contribution in [2.75, 3.05) is 0 Å². The Morgan fingerprint density at radius 3 is 1.73 bits per heavy atom. The van der Waals surface area contributed by atoms with Crippen LogP contribution in [0.5, 0.6) is 0 Å². The van der Waals surface area contributed by atoms with Crippen molar-refractivity contribution in [1.29, 1.82) is 0 Å². The Hall–Kier alpha value is -0.900. The summed E-state index contributed by atoms with van der Waals surface area (Å²) in [7, 11) is 0. The molecule has 2 N–H and O–H groups in total. The molecular formula is C8H9F6N. The van der Waals surface area contributed by atoms with E-state index in [2.05, 4.69) is 11.8 Å². The molecule has 0 heterocycles. The molecule has 0 aliphatic carbocycles. The molecule has 0 aromatic carbocycles. The van der Waals surface area contributed by atoms with Crippen LogP contribution in [0.15, 0.2) is 0 Å². The van der Waals surface area contributed by atoms with E-state index in [0.29, 0.717) is 0 Å². The highest BCUT2D eigenvalue weighted by atomic mass is 19.4. The third-order valence-corrected chi connectivity index (χ3v) is 1.65. The van der Waals surface area contributed by atoms with E-state index in [1.807, 2.05) is 0 Å². The number of hydrogen-bond acceptors (Lipinski definition) is 1. The van der Waals surface area contributed by atoms with Crippen LogP contribution in [0.3, 0.4) is 0 Å². The van der Waals surface area contributed by atoms with Crippen LogP contribution < -0.4 is 5.73 Å². The Bertz CT molecular complexity index is 241. The summed E-state index contributed by atoms with van der Waals surface area (Å²) in [4.78, 5) is 0. The monoisotopic (exact) mass is 233 g/mol. The van der Waals surface area contributed by atoms with E-state index < -0.39 is 30.7 Å². The first-order valence-corrected chi connectivity index (χ1v) is 3.89. The smallest absolute Gasteiger partial charge is 0.326 e. The van der Waals surface area contributed by atoms with E-state index in [9.17, 15) is 26.3 Å². The van der Waals surface area contributed by atoms with Crippen LogP contribution in [0.25, 0.3) is 0 Å². The van der Waals surface area contributed by atoms with Gasteiger partial charge in [0.1, 0.15) is 0 Å². The second kappa shape index (κ2) is 4.75. The summed E-state index contributed by atoms with van der Waals surface area (Å²) >= 11 is 0. The highest BCUT2D eigenvalue weighted by molar-refractivity contribution is 5.00. The summed E-state index contributed by atoms with van der Waals surface area (Å²) in [6, 6.07) is -2.09. The van der Waals surface area contributed by atoms with Crippen LogP contribution in [-0.4, -0.2) is 18.4 Å². The van der Waals surface area contributed by atoms with Crippen LogP contribution in [0, 0.1) is 17.8 Å². The summed E-state index contributed by atoms with van der Waals surface area (Å²) in [6.45, 7) is 1.31. The first-order chi connectivity index (χ1) is 6.60. The third-order valence-electron chi connectivity index (χ3n) is 1.65. The minimum absolute atomic E-state index is 0.639. The zero-order chi connectivity index (χ0) is 12.3. The molecule has 0 spiro atoms. The zero-order valence-corrected chi connectivity index (χ0v) is 7.71. The predicted molar refractivity (Wildman–Crippen MR) is 41.6 cm³/mol. The standard InChI is InChI=1S/C8H9F6N/c1-2-3-4-5(15)6(7(9,10)11)8(12,13)14/h5-6H,4,15H2,1H3. The molecule has 1 atom stereocenters. The van der Waals surface area contributed by atoms with E-state index >= 15 is 0 Å². The maximum absolute atomic E-state index is 12.0. The highest BCUT2D eigenvalue weighted by Crippen LogP contribution is 2.41. The Balaban J connectivity index is 4.85. The molecule has 15 heavy (non-hydrogen) atoms. The van der Waals surface area contributed by atoms with Gasteiger partial charge < -0.3 is 5.73 Å². The van der Waals surface area contributed by atoms with E-state index in [-0.39, 0.29) is 0 Å². The SMILES string of the molecule is CC#CCC(N)C(C(F)(F)F)C(F)(F)F. The normalized spacial score (nSPS) is 14.7. The van der Waals surface area contributed by atoms with Crippen molar-refractivity contribution in [3.8, 4) is 11.8 Å². The molecule has 0 saturated heterocycles. The second-order valence-corrected chi connectivity index (χ2v) is 2.86. The van der Waals surface area contributed by atoms with Gasteiger partial charge in [-0.15, -0.1) is 11.8 Å². The van der Waals surface area contributed by atoms with Gasteiger partial charge in [-0.2, -0.15) is 26.3 Å². The quantitative estimate of drug-likeness (QED) is 0.575. The molecule has 0 saturated carbocycles. The van der Waals surface area contributed by atoms with Crippen molar-refractivity contribution in [2.45, 2.75) is 31.7 Å². The molecule has 7 heteroatoms. The lowest BCUT2D eigenvalue weighted by Crippen LogP contribution is -2.48.